The molecule has 1 aromatic rings. The first kappa shape index (κ1) is 11.2. The first-order chi connectivity index (χ1) is 6.77. The van der Waals surface area contributed by atoms with Crippen molar-refractivity contribution in [3.05, 3.63) is 17.5 Å². The summed E-state index contributed by atoms with van der Waals surface area (Å²) < 4.78 is 1.99. The summed E-state index contributed by atoms with van der Waals surface area (Å²) in [4.78, 5) is 0. The lowest BCUT2D eigenvalue weighted by Crippen LogP contribution is -2.18. The predicted octanol–water partition coefficient (Wildman–Crippen LogP) is 1.52. The molecule has 0 bridgehead atoms. The second-order valence-electron chi connectivity index (χ2n) is 3.60. The molecule has 1 aromatic heterocycles. The molecule has 1 N–H and O–H groups in total. The highest BCUT2D eigenvalue weighted by atomic mass is 15.3. The van der Waals surface area contributed by atoms with Gasteiger partial charge in [0.05, 0.1) is 5.69 Å². The van der Waals surface area contributed by atoms with Gasteiger partial charge in [0.25, 0.3) is 0 Å². The average molecular weight is 195 g/mol. The molecule has 3 nitrogen and oxygen atoms in total. The van der Waals surface area contributed by atoms with Gasteiger partial charge in [0.15, 0.2) is 0 Å². The van der Waals surface area contributed by atoms with Crippen LogP contribution in [0.25, 0.3) is 0 Å². The number of nitrogens with one attached hydrogen (secondary N) is 1. The average Bonchev–Trinajstić information content (AvgIpc) is 2.54. The Kier molecular flexibility index (Phi) is 4.66. The normalized spacial score (nSPS) is 10.8. The summed E-state index contributed by atoms with van der Waals surface area (Å²) in [7, 11) is 2.02. The molecule has 0 spiro atoms. The van der Waals surface area contributed by atoms with Crippen LogP contribution in [0.4, 0.5) is 0 Å². The molecule has 3 heteroatoms. The van der Waals surface area contributed by atoms with Gasteiger partial charge in [0, 0.05) is 25.7 Å². The summed E-state index contributed by atoms with van der Waals surface area (Å²) in [5.41, 5.74) is 2.52. The predicted molar refractivity (Wildman–Crippen MR) is 59.5 cm³/mol. The lowest BCUT2D eigenvalue weighted by molar-refractivity contribution is 0.634. The van der Waals surface area contributed by atoms with Crippen LogP contribution in [0.1, 0.15) is 31.7 Å². The van der Waals surface area contributed by atoms with E-state index in [0.29, 0.717) is 0 Å². The van der Waals surface area contributed by atoms with Gasteiger partial charge in [-0.25, -0.2) is 0 Å². The molecular weight excluding hydrogens is 174 g/mol. The maximum absolute atomic E-state index is 4.42. The standard InChI is InChI=1S/C11H21N3/c1-4-7-12-8-6-11-9-10(5-2)13-14(11)3/h9,12H,4-8H2,1-3H3. The zero-order valence-electron chi connectivity index (χ0n) is 9.51. The molecule has 14 heavy (non-hydrogen) atoms. The number of hydrogen-bond donors (Lipinski definition) is 1. The van der Waals surface area contributed by atoms with Crippen molar-refractivity contribution in [2.24, 2.45) is 7.05 Å². The molecule has 0 aromatic carbocycles. The largest absolute Gasteiger partial charge is 0.316 e. The van der Waals surface area contributed by atoms with Gasteiger partial charge in [-0.3, -0.25) is 4.68 Å². The van der Waals surface area contributed by atoms with Gasteiger partial charge >= 0.3 is 0 Å². The van der Waals surface area contributed by atoms with Crippen LogP contribution in [-0.4, -0.2) is 22.9 Å². The summed E-state index contributed by atoms with van der Waals surface area (Å²) in [5.74, 6) is 0. The van der Waals surface area contributed by atoms with Crippen LogP contribution in [0.5, 0.6) is 0 Å². The third-order valence-electron chi connectivity index (χ3n) is 2.37. The third kappa shape index (κ3) is 3.14. The van der Waals surface area contributed by atoms with E-state index in [2.05, 4.69) is 30.3 Å². The van der Waals surface area contributed by atoms with Gasteiger partial charge in [-0.1, -0.05) is 13.8 Å². The second-order valence-corrected chi connectivity index (χ2v) is 3.60. The maximum atomic E-state index is 4.42. The lowest BCUT2D eigenvalue weighted by Gasteiger charge is -2.02. The van der Waals surface area contributed by atoms with Gasteiger partial charge in [-0.2, -0.15) is 5.10 Å². The Morgan fingerprint density at radius 1 is 1.36 bits per heavy atom. The molecule has 0 saturated heterocycles. The fourth-order valence-corrected chi connectivity index (χ4v) is 1.50. The van der Waals surface area contributed by atoms with Crippen LogP contribution >= 0.6 is 0 Å². The maximum Gasteiger partial charge on any atom is 0.0624 e. The molecule has 0 amide bonds. The Bertz CT molecular complexity index is 265. The van der Waals surface area contributed by atoms with E-state index < -0.39 is 0 Å². The quantitative estimate of drug-likeness (QED) is 0.698. The van der Waals surface area contributed by atoms with Crippen LogP contribution in [0, 0.1) is 0 Å². The van der Waals surface area contributed by atoms with Crippen LogP contribution in [-0.2, 0) is 19.9 Å². The Morgan fingerprint density at radius 2 is 2.14 bits per heavy atom. The van der Waals surface area contributed by atoms with Crippen molar-refractivity contribution in [2.75, 3.05) is 13.1 Å². The zero-order chi connectivity index (χ0) is 10.4. The van der Waals surface area contributed by atoms with E-state index >= 15 is 0 Å². The van der Waals surface area contributed by atoms with Crippen molar-refractivity contribution >= 4 is 0 Å². The Morgan fingerprint density at radius 3 is 2.71 bits per heavy atom. The van der Waals surface area contributed by atoms with Gasteiger partial charge in [0.2, 0.25) is 0 Å². The number of aryl methyl sites for hydroxylation is 2. The first-order valence-corrected chi connectivity index (χ1v) is 5.50. The fraction of sp³-hybridized carbons (Fsp3) is 0.727. The number of hydrogen-bond acceptors (Lipinski definition) is 2. The Hall–Kier alpha value is -0.830. The van der Waals surface area contributed by atoms with Crippen LogP contribution < -0.4 is 5.32 Å². The summed E-state index contributed by atoms with van der Waals surface area (Å²) in [6, 6.07) is 2.20. The van der Waals surface area contributed by atoms with E-state index in [1.54, 1.807) is 0 Å². The number of rotatable bonds is 6. The molecule has 0 aliphatic heterocycles. The monoisotopic (exact) mass is 195 g/mol. The summed E-state index contributed by atoms with van der Waals surface area (Å²) >= 11 is 0. The molecule has 1 heterocycles. The SMILES string of the molecule is CCCNCCc1cc(CC)nn1C. The van der Waals surface area contributed by atoms with Crippen molar-refractivity contribution in [1.29, 1.82) is 0 Å². The highest BCUT2D eigenvalue weighted by molar-refractivity contribution is 5.10. The molecule has 0 aliphatic rings. The van der Waals surface area contributed by atoms with E-state index in [1.165, 1.54) is 17.8 Å². The second kappa shape index (κ2) is 5.81. The van der Waals surface area contributed by atoms with Gasteiger partial charge in [0.1, 0.15) is 0 Å². The van der Waals surface area contributed by atoms with Gasteiger partial charge in [-0.15, -0.1) is 0 Å². The Balaban J connectivity index is 2.38. The highest BCUT2D eigenvalue weighted by Crippen LogP contribution is 2.03. The zero-order valence-corrected chi connectivity index (χ0v) is 9.51. The number of aromatic nitrogens is 2. The van der Waals surface area contributed by atoms with E-state index in [0.717, 1.165) is 25.9 Å². The van der Waals surface area contributed by atoms with Crippen molar-refractivity contribution in [3.8, 4) is 0 Å². The Labute approximate surface area is 86.5 Å². The fourth-order valence-electron chi connectivity index (χ4n) is 1.50. The van der Waals surface area contributed by atoms with Crippen molar-refractivity contribution < 1.29 is 0 Å². The summed E-state index contributed by atoms with van der Waals surface area (Å²) in [6.45, 7) is 6.49. The minimum Gasteiger partial charge on any atom is -0.316 e. The van der Waals surface area contributed by atoms with E-state index in [4.69, 9.17) is 0 Å². The van der Waals surface area contributed by atoms with Crippen LogP contribution in [0.2, 0.25) is 0 Å². The first-order valence-electron chi connectivity index (χ1n) is 5.50. The van der Waals surface area contributed by atoms with Crippen molar-refractivity contribution in [1.82, 2.24) is 15.1 Å². The molecular formula is C11H21N3. The molecule has 0 fully saturated rings. The summed E-state index contributed by atoms with van der Waals surface area (Å²) in [5, 5.41) is 7.81. The van der Waals surface area contributed by atoms with Crippen LogP contribution in [0.15, 0.2) is 6.07 Å². The van der Waals surface area contributed by atoms with Gasteiger partial charge < -0.3 is 5.32 Å². The topological polar surface area (TPSA) is 29.9 Å². The molecule has 0 unspecified atom stereocenters. The third-order valence-corrected chi connectivity index (χ3v) is 2.37. The van der Waals surface area contributed by atoms with E-state index in [-0.39, 0.29) is 0 Å². The summed E-state index contributed by atoms with van der Waals surface area (Å²) in [6.07, 6.45) is 3.30. The molecule has 1 rings (SSSR count). The van der Waals surface area contributed by atoms with E-state index in [9.17, 15) is 0 Å². The van der Waals surface area contributed by atoms with Crippen molar-refractivity contribution in [2.45, 2.75) is 33.1 Å². The smallest absolute Gasteiger partial charge is 0.0624 e. The number of nitrogens with zero attached hydrogens (tertiary/aromatic N) is 2. The lowest BCUT2D eigenvalue weighted by atomic mass is 10.2. The minimum atomic E-state index is 1.02. The van der Waals surface area contributed by atoms with Gasteiger partial charge in [-0.05, 0) is 25.5 Å². The molecule has 0 saturated carbocycles. The molecule has 80 valence electrons. The molecule has 0 radical (unpaired) electrons. The minimum absolute atomic E-state index is 1.02. The van der Waals surface area contributed by atoms with Crippen molar-refractivity contribution in [3.63, 3.8) is 0 Å². The molecule has 0 aliphatic carbocycles. The molecule has 0 atom stereocenters. The van der Waals surface area contributed by atoms with E-state index in [1.807, 2.05) is 11.7 Å². The highest BCUT2D eigenvalue weighted by Gasteiger charge is 2.02. The van der Waals surface area contributed by atoms with Crippen LogP contribution in [0.3, 0.4) is 0 Å².